The van der Waals surface area contributed by atoms with Gasteiger partial charge in [-0.05, 0) is 29.3 Å². The summed E-state index contributed by atoms with van der Waals surface area (Å²) in [5, 5.41) is 4.07. The van der Waals surface area contributed by atoms with Crippen LogP contribution in [-0.4, -0.2) is 58.3 Å². The molecule has 2 aliphatic heterocycles. The van der Waals surface area contributed by atoms with Crippen molar-refractivity contribution in [1.29, 1.82) is 0 Å². The second-order valence-electron chi connectivity index (χ2n) is 8.06. The Labute approximate surface area is 175 Å². The van der Waals surface area contributed by atoms with E-state index in [4.69, 9.17) is 0 Å². The number of hydrogen-bond donors (Lipinski definition) is 1. The number of carbonyl (C=O) groups is 2. The van der Waals surface area contributed by atoms with E-state index in [1.807, 2.05) is 42.5 Å². The highest BCUT2D eigenvalue weighted by Crippen LogP contribution is 2.21. The number of pyridine rings is 1. The van der Waals surface area contributed by atoms with Crippen LogP contribution < -0.4 is 5.32 Å². The largest absolute Gasteiger partial charge is 0.342 e. The van der Waals surface area contributed by atoms with Gasteiger partial charge in [0.1, 0.15) is 12.1 Å². The summed E-state index contributed by atoms with van der Waals surface area (Å²) in [5.41, 5.74) is 3.22. The summed E-state index contributed by atoms with van der Waals surface area (Å²) in [6.07, 6.45) is 2.33. The number of nitrogens with zero attached hydrogens (tertiary/aromatic N) is 3. The SMILES string of the molecule is O=C1N[C@@H](Cc2ccccc2)C(=O)N2CCN(Cc3ccc4ncccc4c3)C[C@H]12. The lowest BCUT2D eigenvalue weighted by Gasteiger charge is -2.45. The maximum atomic E-state index is 13.0. The van der Waals surface area contributed by atoms with Crippen LogP contribution in [0.1, 0.15) is 11.1 Å². The van der Waals surface area contributed by atoms with Gasteiger partial charge in [-0.3, -0.25) is 19.5 Å². The number of aromatic nitrogens is 1. The molecule has 6 nitrogen and oxygen atoms in total. The van der Waals surface area contributed by atoms with Gasteiger partial charge in [-0.25, -0.2) is 0 Å². The summed E-state index contributed by atoms with van der Waals surface area (Å²) in [4.78, 5) is 34.2. The first-order valence-electron chi connectivity index (χ1n) is 10.4. The van der Waals surface area contributed by atoms with Crippen molar-refractivity contribution in [3.8, 4) is 0 Å². The second-order valence-corrected chi connectivity index (χ2v) is 8.06. The molecule has 2 aromatic carbocycles. The van der Waals surface area contributed by atoms with Gasteiger partial charge >= 0.3 is 0 Å². The molecule has 0 radical (unpaired) electrons. The molecular weight excluding hydrogens is 376 g/mol. The number of hydrogen-bond acceptors (Lipinski definition) is 4. The zero-order valence-corrected chi connectivity index (χ0v) is 16.7. The number of benzene rings is 2. The van der Waals surface area contributed by atoms with E-state index in [0.717, 1.165) is 29.6 Å². The number of amides is 2. The Morgan fingerprint density at radius 2 is 1.83 bits per heavy atom. The average molecular weight is 400 g/mol. The van der Waals surface area contributed by atoms with Gasteiger partial charge in [-0.1, -0.05) is 42.5 Å². The maximum absolute atomic E-state index is 13.0. The molecular formula is C24H24N4O2. The maximum Gasteiger partial charge on any atom is 0.246 e. The lowest BCUT2D eigenvalue weighted by Crippen LogP contribution is -2.69. The van der Waals surface area contributed by atoms with Crippen molar-refractivity contribution in [3.05, 3.63) is 78.0 Å². The van der Waals surface area contributed by atoms with E-state index in [1.165, 1.54) is 5.56 Å². The first kappa shape index (κ1) is 18.8. The monoisotopic (exact) mass is 400 g/mol. The van der Waals surface area contributed by atoms with E-state index in [-0.39, 0.29) is 11.8 Å². The van der Waals surface area contributed by atoms with Crippen molar-refractivity contribution in [3.63, 3.8) is 0 Å². The van der Waals surface area contributed by atoms with Crippen LogP contribution in [0, 0.1) is 0 Å². The number of fused-ring (bicyclic) bond motifs is 2. The molecule has 2 atom stereocenters. The van der Waals surface area contributed by atoms with Gasteiger partial charge in [0.15, 0.2) is 0 Å². The molecule has 0 aliphatic carbocycles. The van der Waals surface area contributed by atoms with Crippen LogP contribution in [0.15, 0.2) is 66.9 Å². The Hall–Kier alpha value is -3.25. The van der Waals surface area contributed by atoms with Crippen molar-refractivity contribution in [2.24, 2.45) is 0 Å². The van der Waals surface area contributed by atoms with Gasteiger partial charge in [-0.15, -0.1) is 0 Å². The molecule has 5 rings (SSSR count). The zero-order chi connectivity index (χ0) is 20.5. The minimum atomic E-state index is -0.476. The van der Waals surface area contributed by atoms with Crippen LogP contribution in [0.5, 0.6) is 0 Å². The van der Waals surface area contributed by atoms with E-state index in [2.05, 4.69) is 33.4 Å². The topological polar surface area (TPSA) is 65.5 Å². The molecule has 0 bridgehead atoms. The fourth-order valence-corrected chi connectivity index (χ4v) is 4.47. The van der Waals surface area contributed by atoms with Crippen molar-refractivity contribution in [1.82, 2.24) is 20.1 Å². The highest BCUT2D eigenvalue weighted by atomic mass is 16.2. The minimum absolute atomic E-state index is 0.0277. The van der Waals surface area contributed by atoms with E-state index < -0.39 is 12.1 Å². The summed E-state index contributed by atoms with van der Waals surface area (Å²) in [5.74, 6) is -0.0252. The van der Waals surface area contributed by atoms with Crippen molar-refractivity contribution >= 4 is 22.7 Å². The lowest BCUT2D eigenvalue weighted by atomic mass is 9.98. The Morgan fingerprint density at radius 3 is 2.70 bits per heavy atom. The first-order chi connectivity index (χ1) is 14.7. The third-order valence-corrected chi connectivity index (χ3v) is 6.02. The highest BCUT2D eigenvalue weighted by molar-refractivity contribution is 5.97. The molecule has 2 fully saturated rings. The predicted octanol–water partition coefficient (Wildman–Crippen LogP) is 1.99. The fourth-order valence-electron chi connectivity index (χ4n) is 4.47. The Kier molecular flexibility index (Phi) is 4.93. The van der Waals surface area contributed by atoms with Gasteiger partial charge in [0.25, 0.3) is 0 Å². The van der Waals surface area contributed by atoms with Crippen LogP contribution >= 0.6 is 0 Å². The van der Waals surface area contributed by atoms with Crippen LogP contribution in [0.3, 0.4) is 0 Å². The number of piperazine rings is 2. The van der Waals surface area contributed by atoms with E-state index in [9.17, 15) is 9.59 Å². The smallest absolute Gasteiger partial charge is 0.246 e. The van der Waals surface area contributed by atoms with Gasteiger partial charge in [0.05, 0.1) is 5.52 Å². The van der Waals surface area contributed by atoms with Crippen molar-refractivity contribution < 1.29 is 9.59 Å². The molecule has 2 saturated heterocycles. The molecule has 6 heteroatoms. The van der Waals surface area contributed by atoms with Gasteiger partial charge in [-0.2, -0.15) is 0 Å². The molecule has 0 saturated carbocycles. The summed E-state index contributed by atoms with van der Waals surface area (Å²) >= 11 is 0. The normalized spacial score (nSPS) is 22.1. The predicted molar refractivity (Wildman–Crippen MR) is 115 cm³/mol. The number of carbonyl (C=O) groups excluding carboxylic acids is 2. The van der Waals surface area contributed by atoms with E-state index in [0.29, 0.717) is 19.5 Å². The molecule has 0 unspecified atom stereocenters. The molecule has 3 heterocycles. The lowest BCUT2D eigenvalue weighted by molar-refractivity contribution is -0.153. The molecule has 3 aromatic rings. The van der Waals surface area contributed by atoms with Crippen molar-refractivity contribution in [2.45, 2.75) is 25.0 Å². The summed E-state index contributed by atoms with van der Waals surface area (Å²) in [6, 6.07) is 19.2. The average Bonchev–Trinajstić information content (AvgIpc) is 2.78. The minimum Gasteiger partial charge on any atom is -0.342 e. The third-order valence-electron chi connectivity index (χ3n) is 6.02. The molecule has 1 N–H and O–H groups in total. The van der Waals surface area contributed by atoms with E-state index in [1.54, 1.807) is 11.1 Å². The van der Waals surface area contributed by atoms with E-state index >= 15 is 0 Å². The van der Waals surface area contributed by atoms with Crippen LogP contribution in [0.25, 0.3) is 10.9 Å². The van der Waals surface area contributed by atoms with Crippen LogP contribution in [-0.2, 0) is 22.6 Å². The molecule has 2 aliphatic rings. The summed E-state index contributed by atoms with van der Waals surface area (Å²) in [7, 11) is 0. The van der Waals surface area contributed by atoms with Gasteiger partial charge in [0, 0.05) is 44.2 Å². The first-order valence-corrected chi connectivity index (χ1v) is 10.4. The Bertz CT molecular complexity index is 1080. The molecule has 30 heavy (non-hydrogen) atoms. The van der Waals surface area contributed by atoms with Crippen LogP contribution in [0.2, 0.25) is 0 Å². The van der Waals surface area contributed by atoms with Crippen molar-refractivity contribution in [2.75, 3.05) is 19.6 Å². The van der Waals surface area contributed by atoms with Gasteiger partial charge in [0.2, 0.25) is 11.8 Å². The fraction of sp³-hybridized carbons (Fsp3) is 0.292. The highest BCUT2D eigenvalue weighted by Gasteiger charge is 2.43. The quantitative estimate of drug-likeness (QED) is 0.728. The van der Waals surface area contributed by atoms with Crippen LogP contribution in [0.4, 0.5) is 0 Å². The summed E-state index contributed by atoms with van der Waals surface area (Å²) < 4.78 is 0. The Morgan fingerprint density at radius 1 is 0.967 bits per heavy atom. The Balaban J connectivity index is 1.26. The second kappa shape index (κ2) is 7.88. The number of nitrogens with one attached hydrogen (secondary N) is 1. The summed E-state index contributed by atoms with van der Waals surface area (Å²) in [6.45, 7) is 2.65. The molecule has 0 spiro atoms. The zero-order valence-electron chi connectivity index (χ0n) is 16.7. The molecule has 2 amide bonds. The van der Waals surface area contributed by atoms with Gasteiger partial charge < -0.3 is 10.2 Å². The standard InChI is InChI=1S/C24H24N4O2/c29-23-22-16-27(15-18-8-9-20-19(13-18)7-4-10-25-20)11-12-28(22)24(30)21(26-23)14-17-5-2-1-3-6-17/h1-10,13,21-22H,11-12,14-16H2,(H,26,29)/t21-,22+/m0/s1. The molecule has 152 valence electrons. The number of rotatable bonds is 4. The third kappa shape index (κ3) is 3.66. The molecule has 1 aromatic heterocycles.